The number of rotatable bonds is 6. The van der Waals surface area contributed by atoms with Gasteiger partial charge in [-0.05, 0) is 44.4 Å². The number of hydrogen-bond acceptors (Lipinski definition) is 3. The molecular weight excluding hydrogens is 278 g/mol. The highest BCUT2D eigenvalue weighted by Gasteiger charge is 2.11. The Morgan fingerprint density at radius 3 is 2.68 bits per heavy atom. The first-order chi connectivity index (χ1) is 10.5. The van der Waals surface area contributed by atoms with Gasteiger partial charge in [-0.15, -0.1) is 0 Å². The highest BCUT2D eigenvalue weighted by molar-refractivity contribution is 5.89. The minimum Gasteiger partial charge on any atom is -0.508 e. The monoisotopic (exact) mass is 301 g/mol. The summed E-state index contributed by atoms with van der Waals surface area (Å²) in [6, 6.07) is 9.12. The number of aromatic hydroxyl groups is 1. The Labute approximate surface area is 131 Å². The maximum absolute atomic E-state index is 12.0. The van der Waals surface area contributed by atoms with Crippen LogP contribution in [0.1, 0.15) is 44.0 Å². The topological polar surface area (TPSA) is 67.2 Å². The molecule has 1 aromatic heterocycles. The molecule has 0 radical (unpaired) electrons. The van der Waals surface area contributed by atoms with Gasteiger partial charge in [-0.25, -0.2) is 0 Å². The molecule has 0 aliphatic carbocycles. The van der Waals surface area contributed by atoms with Gasteiger partial charge >= 0.3 is 0 Å². The van der Waals surface area contributed by atoms with E-state index in [0.717, 1.165) is 17.7 Å². The molecule has 0 aliphatic rings. The lowest BCUT2D eigenvalue weighted by Gasteiger charge is -2.10. The van der Waals surface area contributed by atoms with Crippen LogP contribution in [0.5, 0.6) is 5.75 Å². The van der Waals surface area contributed by atoms with Gasteiger partial charge in [0.05, 0.1) is 0 Å². The van der Waals surface area contributed by atoms with Gasteiger partial charge < -0.3 is 10.4 Å². The summed E-state index contributed by atoms with van der Waals surface area (Å²) in [5.74, 6) is 0.787. The lowest BCUT2D eigenvalue weighted by molar-refractivity contribution is -0.116. The number of nitrogens with zero attached hydrogens (tertiary/aromatic N) is 2. The maximum atomic E-state index is 12.0. The minimum atomic E-state index is -0.0538. The molecule has 1 aromatic carbocycles. The molecule has 0 unspecified atom stereocenters. The van der Waals surface area contributed by atoms with Crippen molar-refractivity contribution in [2.45, 2.75) is 46.1 Å². The summed E-state index contributed by atoms with van der Waals surface area (Å²) in [7, 11) is 0. The van der Waals surface area contributed by atoms with E-state index in [0.29, 0.717) is 24.7 Å². The number of aryl methyl sites for hydroxylation is 2. The van der Waals surface area contributed by atoms with Gasteiger partial charge in [-0.1, -0.05) is 19.1 Å². The molecule has 5 heteroatoms. The molecule has 1 heterocycles. The Morgan fingerprint density at radius 2 is 2.05 bits per heavy atom. The number of hydrogen-bond donors (Lipinski definition) is 2. The number of amides is 1. The van der Waals surface area contributed by atoms with Crippen LogP contribution in [0.15, 0.2) is 30.3 Å². The Balaban J connectivity index is 1.90. The standard InChI is InChI=1S/C17H23N3O2/c1-4-12(2)20-13(3)11-16(19-20)18-17(22)10-7-14-5-8-15(21)9-6-14/h5-6,8-9,11-12,21H,4,7,10H2,1-3H3,(H,18,19,22)/t12-/m0/s1. The van der Waals surface area contributed by atoms with E-state index in [1.807, 2.05) is 29.8 Å². The molecule has 118 valence electrons. The zero-order valence-corrected chi connectivity index (χ0v) is 13.3. The van der Waals surface area contributed by atoms with Crippen LogP contribution in [0.4, 0.5) is 5.82 Å². The Hall–Kier alpha value is -2.30. The lowest BCUT2D eigenvalue weighted by atomic mass is 10.1. The minimum absolute atomic E-state index is 0.0538. The summed E-state index contributed by atoms with van der Waals surface area (Å²) in [4.78, 5) is 12.0. The van der Waals surface area contributed by atoms with Crippen LogP contribution in [0.3, 0.4) is 0 Å². The molecule has 2 aromatic rings. The van der Waals surface area contributed by atoms with Crippen molar-refractivity contribution in [2.24, 2.45) is 0 Å². The Kier molecular flexibility index (Phi) is 5.20. The number of carbonyl (C=O) groups is 1. The quantitative estimate of drug-likeness (QED) is 0.859. The van der Waals surface area contributed by atoms with E-state index in [1.165, 1.54) is 0 Å². The summed E-state index contributed by atoms with van der Waals surface area (Å²) in [6.07, 6.45) is 2.02. The van der Waals surface area contributed by atoms with E-state index in [2.05, 4.69) is 24.3 Å². The largest absolute Gasteiger partial charge is 0.508 e. The molecule has 2 rings (SSSR count). The van der Waals surface area contributed by atoms with Crippen molar-refractivity contribution in [3.05, 3.63) is 41.6 Å². The second-order valence-corrected chi connectivity index (χ2v) is 5.59. The van der Waals surface area contributed by atoms with Gasteiger partial charge in [0, 0.05) is 24.2 Å². The molecule has 0 fully saturated rings. The summed E-state index contributed by atoms with van der Waals surface area (Å²) >= 11 is 0. The third kappa shape index (κ3) is 4.10. The van der Waals surface area contributed by atoms with Crippen LogP contribution in [0.2, 0.25) is 0 Å². The van der Waals surface area contributed by atoms with Gasteiger partial charge in [0.25, 0.3) is 0 Å². The molecule has 2 N–H and O–H groups in total. The molecule has 5 nitrogen and oxygen atoms in total. The third-order valence-corrected chi connectivity index (χ3v) is 3.78. The maximum Gasteiger partial charge on any atom is 0.225 e. The van der Waals surface area contributed by atoms with Crippen LogP contribution in [-0.2, 0) is 11.2 Å². The van der Waals surface area contributed by atoms with Gasteiger partial charge in [-0.3, -0.25) is 9.48 Å². The molecule has 0 aliphatic heterocycles. The van der Waals surface area contributed by atoms with E-state index < -0.39 is 0 Å². The normalized spacial score (nSPS) is 12.1. The van der Waals surface area contributed by atoms with Crippen LogP contribution in [0.25, 0.3) is 0 Å². The summed E-state index contributed by atoms with van der Waals surface area (Å²) in [6.45, 7) is 6.21. The SMILES string of the molecule is CC[C@H](C)n1nc(NC(=O)CCc2ccc(O)cc2)cc1C. The van der Waals surface area contributed by atoms with Crippen molar-refractivity contribution in [1.82, 2.24) is 9.78 Å². The van der Waals surface area contributed by atoms with Gasteiger partial charge in [0.2, 0.25) is 5.91 Å². The van der Waals surface area contributed by atoms with E-state index in [1.54, 1.807) is 12.1 Å². The van der Waals surface area contributed by atoms with Gasteiger partial charge in [0.15, 0.2) is 5.82 Å². The van der Waals surface area contributed by atoms with Crippen LogP contribution in [0, 0.1) is 6.92 Å². The zero-order valence-electron chi connectivity index (χ0n) is 13.3. The van der Waals surface area contributed by atoms with Crippen molar-refractivity contribution in [2.75, 3.05) is 5.32 Å². The smallest absolute Gasteiger partial charge is 0.225 e. The molecule has 0 saturated heterocycles. The van der Waals surface area contributed by atoms with Gasteiger partial charge in [0.1, 0.15) is 5.75 Å². The first-order valence-electron chi connectivity index (χ1n) is 7.63. The summed E-state index contributed by atoms with van der Waals surface area (Å²) in [5, 5.41) is 16.5. The molecule has 0 saturated carbocycles. The van der Waals surface area contributed by atoms with E-state index in [9.17, 15) is 9.90 Å². The lowest BCUT2D eigenvalue weighted by Crippen LogP contribution is -2.14. The second-order valence-electron chi connectivity index (χ2n) is 5.59. The summed E-state index contributed by atoms with van der Waals surface area (Å²) in [5.41, 5.74) is 2.07. The molecule has 1 atom stereocenters. The number of carbonyl (C=O) groups excluding carboxylic acids is 1. The first-order valence-corrected chi connectivity index (χ1v) is 7.63. The number of anilines is 1. The third-order valence-electron chi connectivity index (χ3n) is 3.78. The van der Waals surface area contributed by atoms with Crippen LogP contribution < -0.4 is 5.32 Å². The fourth-order valence-corrected chi connectivity index (χ4v) is 2.29. The van der Waals surface area contributed by atoms with E-state index in [-0.39, 0.29) is 11.7 Å². The van der Waals surface area contributed by atoms with Crippen molar-refractivity contribution in [1.29, 1.82) is 0 Å². The van der Waals surface area contributed by atoms with Crippen LogP contribution in [-0.4, -0.2) is 20.8 Å². The predicted molar refractivity (Wildman–Crippen MR) is 87.0 cm³/mol. The Morgan fingerprint density at radius 1 is 1.36 bits per heavy atom. The Bertz CT molecular complexity index is 632. The van der Waals surface area contributed by atoms with Gasteiger partial charge in [-0.2, -0.15) is 5.10 Å². The fraction of sp³-hybridized carbons (Fsp3) is 0.412. The number of nitrogens with one attached hydrogen (secondary N) is 1. The van der Waals surface area contributed by atoms with E-state index in [4.69, 9.17) is 0 Å². The highest BCUT2D eigenvalue weighted by atomic mass is 16.3. The second kappa shape index (κ2) is 7.11. The average Bonchev–Trinajstić information content (AvgIpc) is 2.86. The van der Waals surface area contributed by atoms with Crippen molar-refractivity contribution >= 4 is 11.7 Å². The fourth-order valence-electron chi connectivity index (χ4n) is 2.29. The number of phenolic OH excluding ortho intramolecular Hbond substituents is 1. The molecule has 1 amide bonds. The van der Waals surface area contributed by atoms with Crippen molar-refractivity contribution in [3.8, 4) is 5.75 Å². The molecular formula is C17H23N3O2. The molecule has 22 heavy (non-hydrogen) atoms. The molecule has 0 spiro atoms. The number of benzene rings is 1. The predicted octanol–water partition coefficient (Wildman–Crippen LogP) is 3.44. The van der Waals surface area contributed by atoms with Crippen molar-refractivity contribution < 1.29 is 9.90 Å². The first kappa shape index (κ1) is 16.1. The number of aromatic nitrogens is 2. The van der Waals surface area contributed by atoms with Crippen molar-refractivity contribution in [3.63, 3.8) is 0 Å². The van der Waals surface area contributed by atoms with E-state index >= 15 is 0 Å². The summed E-state index contributed by atoms with van der Waals surface area (Å²) < 4.78 is 1.94. The molecule has 0 bridgehead atoms. The van der Waals surface area contributed by atoms with Crippen LogP contribution >= 0.6 is 0 Å². The number of phenols is 1. The zero-order chi connectivity index (χ0) is 16.1. The average molecular weight is 301 g/mol. The highest BCUT2D eigenvalue weighted by Crippen LogP contribution is 2.17.